The quantitative estimate of drug-likeness (QED) is 0.902. The molecule has 0 unspecified atom stereocenters. The molecule has 0 amide bonds. The number of hydrogen-bond donors (Lipinski definition) is 1. The summed E-state index contributed by atoms with van der Waals surface area (Å²) in [6.07, 6.45) is 0. The minimum absolute atomic E-state index is 0.0627. The van der Waals surface area contributed by atoms with E-state index in [-0.39, 0.29) is 11.4 Å². The van der Waals surface area contributed by atoms with E-state index in [1.54, 1.807) is 31.2 Å². The molecule has 96 valence electrons. The van der Waals surface area contributed by atoms with Crippen molar-refractivity contribution in [3.8, 4) is 5.75 Å². The second kappa shape index (κ2) is 4.96. The predicted octanol–water partition coefficient (Wildman–Crippen LogP) is 2.63. The Morgan fingerprint density at radius 2 is 1.71 bits per heavy atom. The molecular formula is C12H19NO3S. The van der Waals surface area contributed by atoms with E-state index in [0.717, 1.165) is 5.75 Å². The van der Waals surface area contributed by atoms with Gasteiger partial charge < -0.3 is 4.74 Å². The van der Waals surface area contributed by atoms with Crippen LogP contribution in [0.4, 0.5) is 5.69 Å². The van der Waals surface area contributed by atoms with E-state index in [4.69, 9.17) is 4.74 Å². The minimum Gasteiger partial charge on any atom is -0.488 e. The number of hydrogen-bond acceptors (Lipinski definition) is 3. The Kier molecular flexibility index (Phi) is 4.03. The highest BCUT2D eigenvalue weighted by molar-refractivity contribution is 7.92. The van der Waals surface area contributed by atoms with E-state index in [1.807, 2.05) is 20.8 Å². The number of sulfonamides is 1. The highest BCUT2D eigenvalue weighted by Gasteiger charge is 2.12. The van der Waals surface area contributed by atoms with E-state index < -0.39 is 10.0 Å². The SMILES string of the molecule is CCS(=O)(=O)Nc1ccc(OC(C)(C)C)cc1. The molecule has 0 spiro atoms. The molecule has 0 atom stereocenters. The molecule has 1 aromatic carbocycles. The standard InChI is InChI=1S/C12H19NO3S/c1-5-17(14,15)13-10-6-8-11(9-7-10)16-12(2,3)4/h6-9,13H,5H2,1-4H3. The molecule has 1 N–H and O–H groups in total. The van der Waals surface area contributed by atoms with E-state index in [0.29, 0.717) is 5.69 Å². The molecular weight excluding hydrogens is 238 g/mol. The summed E-state index contributed by atoms with van der Waals surface area (Å²) in [5.74, 6) is 0.782. The Morgan fingerprint density at radius 3 is 2.12 bits per heavy atom. The number of nitrogens with one attached hydrogen (secondary N) is 1. The topological polar surface area (TPSA) is 55.4 Å². The molecule has 0 fully saturated rings. The number of rotatable bonds is 4. The normalized spacial score (nSPS) is 12.2. The highest BCUT2D eigenvalue weighted by Crippen LogP contribution is 2.20. The number of anilines is 1. The first kappa shape index (κ1) is 13.8. The molecule has 4 nitrogen and oxygen atoms in total. The average molecular weight is 257 g/mol. The van der Waals surface area contributed by atoms with Gasteiger partial charge in [0.25, 0.3) is 0 Å². The minimum atomic E-state index is -3.21. The van der Waals surface area contributed by atoms with Crippen LogP contribution in [0.5, 0.6) is 5.75 Å². The van der Waals surface area contributed by atoms with Crippen molar-refractivity contribution in [3.63, 3.8) is 0 Å². The van der Waals surface area contributed by atoms with Crippen molar-refractivity contribution in [2.75, 3.05) is 10.5 Å². The van der Waals surface area contributed by atoms with Crippen molar-refractivity contribution in [1.82, 2.24) is 0 Å². The van der Waals surface area contributed by atoms with Crippen molar-refractivity contribution >= 4 is 15.7 Å². The van der Waals surface area contributed by atoms with Crippen molar-refractivity contribution < 1.29 is 13.2 Å². The lowest BCUT2D eigenvalue weighted by Crippen LogP contribution is -2.22. The smallest absolute Gasteiger partial charge is 0.232 e. The summed E-state index contributed by atoms with van der Waals surface area (Å²) < 4.78 is 30.8. The molecule has 1 aromatic rings. The Balaban J connectivity index is 2.76. The zero-order valence-electron chi connectivity index (χ0n) is 10.6. The van der Waals surface area contributed by atoms with Crippen LogP contribution >= 0.6 is 0 Å². The zero-order valence-corrected chi connectivity index (χ0v) is 11.5. The molecule has 1 rings (SSSR count). The fourth-order valence-electron chi connectivity index (χ4n) is 1.20. The van der Waals surface area contributed by atoms with Gasteiger partial charge in [0.1, 0.15) is 11.4 Å². The van der Waals surface area contributed by atoms with Gasteiger partial charge in [0, 0.05) is 5.69 Å². The maximum atomic E-state index is 11.3. The highest BCUT2D eigenvalue weighted by atomic mass is 32.2. The van der Waals surface area contributed by atoms with Crippen LogP contribution in [0, 0.1) is 0 Å². The van der Waals surface area contributed by atoms with Crippen LogP contribution in [0.2, 0.25) is 0 Å². The van der Waals surface area contributed by atoms with Gasteiger partial charge in [0.2, 0.25) is 10.0 Å². The molecule has 0 aromatic heterocycles. The lowest BCUT2D eigenvalue weighted by molar-refractivity contribution is 0.131. The molecule has 0 aliphatic carbocycles. The summed E-state index contributed by atoms with van der Waals surface area (Å²) in [5, 5.41) is 0. The van der Waals surface area contributed by atoms with Crippen LogP contribution in [0.15, 0.2) is 24.3 Å². The van der Waals surface area contributed by atoms with Gasteiger partial charge in [-0.25, -0.2) is 8.42 Å². The molecule has 5 heteroatoms. The van der Waals surface area contributed by atoms with Crippen LogP contribution in [-0.2, 0) is 10.0 Å². The van der Waals surface area contributed by atoms with Gasteiger partial charge in [-0.3, -0.25) is 4.72 Å². The molecule has 0 radical (unpaired) electrons. The molecule has 0 heterocycles. The van der Waals surface area contributed by atoms with Crippen molar-refractivity contribution in [2.45, 2.75) is 33.3 Å². The first-order valence-electron chi connectivity index (χ1n) is 5.51. The van der Waals surface area contributed by atoms with Gasteiger partial charge >= 0.3 is 0 Å². The molecule has 0 aliphatic heterocycles. The lowest BCUT2D eigenvalue weighted by atomic mass is 10.2. The van der Waals surface area contributed by atoms with Gasteiger partial charge in [-0.1, -0.05) is 0 Å². The van der Waals surface area contributed by atoms with Crippen LogP contribution < -0.4 is 9.46 Å². The van der Waals surface area contributed by atoms with Crippen LogP contribution in [0.3, 0.4) is 0 Å². The molecule has 0 bridgehead atoms. The summed E-state index contributed by atoms with van der Waals surface area (Å²) in [5.41, 5.74) is 0.290. The Labute approximate surface area is 103 Å². The number of benzene rings is 1. The zero-order chi connectivity index (χ0) is 13.1. The summed E-state index contributed by atoms with van der Waals surface area (Å²) in [6, 6.07) is 6.88. The molecule has 0 saturated carbocycles. The summed E-state index contributed by atoms with van der Waals surface area (Å²) in [7, 11) is -3.21. The van der Waals surface area contributed by atoms with Crippen molar-refractivity contribution in [3.05, 3.63) is 24.3 Å². The molecule has 0 aliphatic rings. The van der Waals surface area contributed by atoms with Gasteiger partial charge in [0.05, 0.1) is 5.75 Å². The summed E-state index contributed by atoms with van der Waals surface area (Å²) >= 11 is 0. The summed E-state index contributed by atoms with van der Waals surface area (Å²) in [6.45, 7) is 7.47. The first-order valence-corrected chi connectivity index (χ1v) is 7.17. The van der Waals surface area contributed by atoms with Gasteiger partial charge in [-0.15, -0.1) is 0 Å². The maximum Gasteiger partial charge on any atom is 0.232 e. The van der Waals surface area contributed by atoms with E-state index >= 15 is 0 Å². The van der Waals surface area contributed by atoms with Crippen LogP contribution in [0.25, 0.3) is 0 Å². The van der Waals surface area contributed by atoms with Crippen molar-refractivity contribution in [2.24, 2.45) is 0 Å². The average Bonchev–Trinajstić information content (AvgIpc) is 2.19. The molecule has 17 heavy (non-hydrogen) atoms. The van der Waals surface area contributed by atoms with Gasteiger partial charge in [-0.2, -0.15) is 0 Å². The third kappa shape index (κ3) is 5.08. The van der Waals surface area contributed by atoms with E-state index in [9.17, 15) is 8.42 Å². The largest absolute Gasteiger partial charge is 0.488 e. The Hall–Kier alpha value is -1.23. The van der Waals surface area contributed by atoms with Crippen LogP contribution in [-0.4, -0.2) is 19.8 Å². The summed E-state index contributed by atoms with van der Waals surface area (Å²) in [4.78, 5) is 0. The second-order valence-electron chi connectivity index (χ2n) is 4.74. The maximum absolute atomic E-state index is 11.3. The fraction of sp³-hybridized carbons (Fsp3) is 0.500. The second-order valence-corrected chi connectivity index (χ2v) is 6.76. The first-order chi connectivity index (χ1) is 7.72. The van der Waals surface area contributed by atoms with Crippen molar-refractivity contribution in [1.29, 1.82) is 0 Å². The third-order valence-electron chi connectivity index (χ3n) is 1.93. The molecule has 0 saturated heterocycles. The Morgan fingerprint density at radius 1 is 1.18 bits per heavy atom. The van der Waals surface area contributed by atoms with E-state index in [1.165, 1.54) is 0 Å². The van der Waals surface area contributed by atoms with Gasteiger partial charge in [0.15, 0.2) is 0 Å². The fourth-order valence-corrected chi connectivity index (χ4v) is 1.84. The van der Waals surface area contributed by atoms with Crippen LogP contribution in [0.1, 0.15) is 27.7 Å². The monoisotopic (exact) mass is 257 g/mol. The van der Waals surface area contributed by atoms with E-state index in [2.05, 4.69) is 4.72 Å². The number of ether oxygens (including phenoxy) is 1. The Bertz CT molecular complexity index is 458. The third-order valence-corrected chi connectivity index (χ3v) is 3.24. The predicted molar refractivity (Wildman–Crippen MR) is 69.9 cm³/mol. The van der Waals surface area contributed by atoms with Gasteiger partial charge in [-0.05, 0) is 52.0 Å². The lowest BCUT2D eigenvalue weighted by Gasteiger charge is -2.21.